The lowest BCUT2D eigenvalue weighted by molar-refractivity contribution is 0.0384. The number of benzene rings is 1. The summed E-state index contributed by atoms with van der Waals surface area (Å²) in [6, 6.07) is 6.35. The summed E-state index contributed by atoms with van der Waals surface area (Å²) in [4.78, 5) is 15.2. The molecule has 1 aliphatic carbocycles. The van der Waals surface area contributed by atoms with Gasteiger partial charge in [-0.1, -0.05) is 5.16 Å². The van der Waals surface area contributed by atoms with E-state index in [1.165, 1.54) is 12.1 Å². The van der Waals surface area contributed by atoms with Crippen molar-refractivity contribution in [2.75, 3.05) is 6.61 Å². The van der Waals surface area contributed by atoms with Gasteiger partial charge in [0.15, 0.2) is 0 Å². The molecule has 1 fully saturated rings. The van der Waals surface area contributed by atoms with E-state index < -0.39 is 5.97 Å². The third kappa shape index (κ3) is 2.95. The van der Waals surface area contributed by atoms with Crippen molar-refractivity contribution in [3.8, 4) is 11.5 Å². The molecular weight excluding hydrogens is 272 g/mol. The normalized spacial score (nSPS) is 15.9. The number of carboxylic acid groups (broad SMARTS) is 1. The van der Waals surface area contributed by atoms with E-state index in [2.05, 4.69) is 10.1 Å². The molecule has 0 aliphatic heterocycles. The molecule has 1 unspecified atom stereocenters. The van der Waals surface area contributed by atoms with E-state index in [-0.39, 0.29) is 11.7 Å². The summed E-state index contributed by atoms with van der Waals surface area (Å²) in [5.74, 6) is 0.464. The maximum Gasteiger partial charge on any atom is 0.335 e. The minimum atomic E-state index is -0.960. The van der Waals surface area contributed by atoms with E-state index >= 15 is 0 Å². The van der Waals surface area contributed by atoms with E-state index in [9.17, 15) is 4.79 Å². The molecule has 0 saturated heterocycles. The number of carboxylic acids is 1. The van der Waals surface area contributed by atoms with Crippen molar-refractivity contribution in [1.29, 1.82) is 0 Å². The van der Waals surface area contributed by atoms with E-state index in [1.807, 2.05) is 6.92 Å². The Kier molecular flexibility index (Phi) is 3.70. The Morgan fingerprint density at radius 3 is 2.71 bits per heavy atom. The number of rotatable bonds is 6. The van der Waals surface area contributed by atoms with Gasteiger partial charge in [-0.2, -0.15) is 4.98 Å². The van der Waals surface area contributed by atoms with Crippen molar-refractivity contribution in [3.05, 3.63) is 35.7 Å². The molecule has 6 nitrogen and oxygen atoms in total. The number of hydrogen-bond donors (Lipinski definition) is 1. The number of nitrogens with zero attached hydrogens (tertiary/aromatic N) is 2. The summed E-state index contributed by atoms with van der Waals surface area (Å²) in [7, 11) is 0. The van der Waals surface area contributed by atoms with Crippen LogP contribution >= 0.6 is 0 Å². The van der Waals surface area contributed by atoms with Gasteiger partial charge in [0.2, 0.25) is 5.82 Å². The number of hydrogen-bond acceptors (Lipinski definition) is 5. The Morgan fingerprint density at radius 2 is 2.14 bits per heavy atom. The van der Waals surface area contributed by atoms with E-state index in [4.69, 9.17) is 14.4 Å². The highest BCUT2D eigenvalue weighted by Crippen LogP contribution is 2.42. The fourth-order valence-corrected chi connectivity index (χ4v) is 2.22. The van der Waals surface area contributed by atoms with Gasteiger partial charge in [-0.15, -0.1) is 0 Å². The quantitative estimate of drug-likeness (QED) is 0.879. The molecule has 110 valence electrons. The van der Waals surface area contributed by atoms with Gasteiger partial charge in [-0.25, -0.2) is 4.79 Å². The monoisotopic (exact) mass is 288 g/mol. The number of carbonyl (C=O) groups is 1. The molecule has 1 aromatic heterocycles. The van der Waals surface area contributed by atoms with Gasteiger partial charge in [0.1, 0.15) is 6.10 Å². The van der Waals surface area contributed by atoms with Gasteiger partial charge in [0.05, 0.1) is 5.56 Å². The molecule has 1 heterocycles. The molecule has 0 radical (unpaired) electrons. The molecule has 2 aromatic rings. The van der Waals surface area contributed by atoms with Crippen LogP contribution in [0, 0.1) is 5.92 Å². The van der Waals surface area contributed by atoms with Gasteiger partial charge in [-0.3, -0.25) is 0 Å². The zero-order chi connectivity index (χ0) is 14.8. The van der Waals surface area contributed by atoms with Crippen LogP contribution in [0.2, 0.25) is 0 Å². The predicted molar refractivity (Wildman–Crippen MR) is 73.8 cm³/mol. The average Bonchev–Trinajstić information content (AvgIpc) is 3.21. The highest BCUT2D eigenvalue weighted by atomic mass is 16.5. The summed E-state index contributed by atoms with van der Waals surface area (Å²) < 4.78 is 11.0. The largest absolute Gasteiger partial charge is 0.478 e. The molecule has 0 spiro atoms. The van der Waals surface area contributed by atoms with Crippen LogP contribution in [0.15, 0.2) is 28.8 Å². The van der Waals surface area contributed by atoms with Crippen LogP contribution in [0.25, 0.3) is 11.5 Å². The van der Waals surface area contributed by atoms with Gasteiger partial charge in [0.25, 0.3) is 5.89 Å². The van der Waals surface area contributed by atoms with Crippen LogP contribution in [0.3, 0.4) is 0 Å². The second-order valence-electron chi connectivity index (χ2n) is 5.05. The average molecular weight is 288 g/mol. The Labute approximate surface area is 121 Å². The SMILES string of the molecule is CCOC(c1noc(-c2ccc(C(=O)O)cc2)n1)C1CC1. The smallest absolute Gasteiger partial charge is 0.335 e. The van der Waals surface area contributed by atoms with E-state index in [0.717, 1.165) is 12.8 Å². The molecule has 21 heavy (non-hydrogen) atoms. The minimum Gasteiger partial charge on any atom is -0.478 e. The van der Waals surface area contributed by atoms with E-state index in [0.29, 0.717) is 29.8 Å². The Morgan fingerprint density at radius 1 is 1.43 bits per heavy atom. The first kappa shape index (κ1) is 13.8. The molecule has 1 saturated carbocycles. The molecule has 0 bridgehead atoms. The number of aromatic nitrogens is 2. The highest BCUT2D eigenvalue weighted by molar-refractivity contribution is 5.88. The van der Waals surface area contributed by atoms with Crippen molar-refractivity contribution < 1.29 is 19.2 Å². The Balaban J connectivity index is 1.81. The van der Waals surface area contributed by atoms with Crippen molar-refractivity contribution >= 4 is 5.97 Å². The number of ether oxygens (including phenoxy) is 1. The maximum atomic E-state index is 10.8. The zero-order valence-corrected chi connectivity index (χ0v) is 11.7. The van der Waals surface area contributed by atoms with Gasteiger partial charge in [0, 0.05) is 12.2 Å². The van der Waals surface area contributed by atoms with Crippen LogP contribution in [0.1, 0.15) is 42.1 Å². The van der Waals surface area contributed by atoms with Crippen LogP contribution in [-0.4, -0.2) is 27.8 Å². The summed E-state index contributed by atoms with van der Waals surface area (Å²) in [5, 5.41) is 12.9. The highest BCUT2D eigenvalue weighted by Gasteiger charge is 2.36. The fourth-order valence-electron chi connectivity index (χ4n) is 2.22. The molecular formula is C15H16N2O4. The lowest BCUT2D eigenvalue weighted by Gasteiger charge is -2.10. The van der Waals surface area contributed by atoms with Gasteiger partial charge >= 0.3 is 5.97 Å². The lowest BCUT2D eigenvalue weighted by atomic mass is 10.1. The standard InChI is InChI=1S/C15H16N2O4/c1-2-20-12(9-3-4-9)13-16-14(21-17-13)10-5-7-11(8-6-10)15(18)19/h5-9,12H,2-4H2,1H3,(H,18,19). The summed E-state index contributed by atoms with van der Waals surface area (Å²) in [6.45, 7) is 2.55. The summed E-state index contributed by atoms with van der Waals surface area (Å²) in [6.07, 6.45) is 2.15. The first-order valence-corrected chi connectivity index (χ1v) is 6.98. The van der Waals surface area contributed by atoms with E-state index in [1.54, 1.807) is 12.1 Å². The molecule has 1 aliphatic rings. The van der Waals surface area contributed by atoms with Crippen molar-refractivity contribution in [2.24, 2.45) is 5.92 Å². The third-order valence-corrected chi connectivity index (χ3v) is 3.47. The molecule has 1 N–H and O–H groups in total. The van der Waals surface area contributed by atoms with Crippen molar-refractivity contribution in [2.45, 2.75) is 25.9 Å². The van der Waals surface area contributed by atoms with Crippen LogP contribution in [0.5, 0.6) is 0 Å². The third-order valence-electron chi connectivity index (χ3n) is 3.47. The van der Waals surface area contributed by atoms with Crippen LogP contribution in [0.4, 0.5) is 0 Å². The molecule has 6 heteroatoms. The van der Waals surface area contributed by atoms with Gasteiger partial charge < -0.3 is 14.4 Å². The van der Waals surface area contributed by atoms with Crippen molar-refractivity contribution in [3.63, 3.8) is 0 Å². The topological polar surface area (TPSA) is 85.5 Å². The van der Waals surface area contributed by atoms with Crippen LogP contribution in [-0.2, 0) is 4.74 Å². The molecule has 0 amide bonds. The zero-order valence-electron chi connectivity index (χ0n) is 11.7. The fraction of sp³-hybridized carbons (Fsp3) is 0.400. The maximum absolute atomic E-state index is 10.8. The van der Waals surface area contributed by atoms with Gasteiger partial charge in [-0.05, 0) is 49.9 Å². The lowest BCUT2D eigenvalue weighted by Crippen LogP contribution is -2.08. The number of aromatic carboxylic acids is 1. The Hall–Kier alpha value is -2.21. The predicted octanol–water partition coefficient (Wildman–Crippen LogP) is 2.92. The molecule has 1 atom stereocenters. The summed E-state index contributed by atoms with van der Waals surface area (Å²) >= 11 is 0. The first-order chi connectivity index (χ1) is 10.2. The molecule has 3 rings (SSSR count). The minimum absolute atomic E-state index is 0.106. The second kappa shape index (κ2) is 5.65. The summed E-state index contributed by atoms with van der Waals surface area (Å²) in [5.41, 5.74) is 0.924. The first-order valence-electron chi connectivity index (χ1n) is 6.98. The molecule has 1 aromatic carbocycles. The van der Waals surface area contributed by atoms with Crippen LogP contribution < -0.4 is 0 Å². The van der Waals surface area contributed by atoms with Crippen molar-refractivity contribution in [1.82, 2.24) is 10.1 Å². The second-order valence-corrected chi connectivity index (χ2v) is 5.05. The Bertz CT molecular complexity index is 631.